The van der Waals surface area contributed by atoms with E-state index in [9.17, 15) is 8.42 Å². The van der Waals surface area contributed by atoms with E-state index in [4.69, 9.17) is 5.11 Å². The van der Waals surface area contributed by atoms with E-state index in [1.54, 1.807) is 0 Å². The number of aliphatic hydroxyl groups is 1. The predicted octanol–water partition coefficient (Wildman–Crippen LogP) is 1.17. The van der Waals surface area contributed by atoms with Crippen molar-refractivity contribution < 1.29 is 13.5 Å². The van der Waals surface area contributed by atoms with Gasteiger partial charge in [-0.05, 0) is 12.0 Å². The SMILES string of the molecule is CCN(CC(C)C)S(=O)(=O)c1c[nH]c(CO)c1. The quantitative estimate of drug-likeness (QED) is 0.806. The van der Waals surface area contributed by atoms with Crippen molar-refractivity contribution in [1.29, 1.82) is 0 Å². The third-order valence-electron chi connectivity index (χ3n) is 2.45. The second kappa shape index (κ2) is 5.66. The van der Waals surface area contributed by atoms with Crippen molar-refractivity contribution in [2.45, 2.75) is 32.3 Å². The standard InChI is InChI=1S/C11H20N2O3S/c1-4-13(7-9(2)3)17(15,16)11-5-10(8-14)12-6-11/h5-6,9,12,14H,4,7-8H2,1-3H3. The summed E-state index contributed by atoms with van der Waals surface area (Å²) in [6, 6.07) is 1.47. The predicted molar refractivity (Wildman–Crippen MR) is 66.0 cm³/mol. The highest BCUT2D eigenvalue weighted by atomic mass is 32.2. The van der Waals surface area contributed by atoms with Gasteiger partial charge in [-0.3, -0.25) is 0 Å². The zero-order valence-electron chi connectivity index (χ0n) is 10.5. The van der Waals surface area contributed by atoms with Gasteiger partial charge in [0.2, 0.25) is 10.0 Å². The molecule has 17 heavy (non-hydrogen) atoms. The van der Waals surface area contributed by atoms with Gasteiger partial charge < -0.3 is 10.1 Å². The first-order valence-corrected chi connectivity index (χ1v) is 7.14. The Balaban J connectivity index is 2.99. The van der Waals surface area contributed by atoms with Crippen LogP contribution in [-0.2, 0) is 16.6 Å². The van der Waals surface area contributed by atoms with Crippen molar-refractivity contribution in [1.82, 2.24) is 9.29 Å². The number of hydrogen-bond acceptors (Lipinski definition) is 3. The highest BCUT2D eigenvalue weighted by Gasteiger charge is 2.24. The van der Waals surface area contributed by atoms with Crippen LogP contribution in [0.1, 0.15) is 26.5 Å². The fourth-order valence-electron chi connectivity index (χ4n) is 1.61. The van der Waals surface area contributed by atoms with Crippen LogP contribution in [0.15, 0.2) is 17.2 Å². The summed E-state index contributed by atoms with van der Waals surface area (Å²) in [5.41, 5.74) is 0.504. The van der Waals surface area contributed by atoms with E-state index in [2.05, 4.69) is 4.98 Å². The van der Waals surface area contributed by atoms with E-state index in [0.717, 1.165) is 0 Å². The lowest BCUT2D eigenvalue weighted by Crippen LogP contribution is -2.33. The highest BCUT2D eigenvalue weighted by molar-refractivity contribution is 7.89. The third kappa shape index (κ3) is 3.31. The highest BCUT2D eigenvalue weighted by Crippen LogP contribution is 2.17. The van der Waals surface area contributed by atoms with Crippen LogP contribution in [0.4, 0.5) is 0 Å². The first kappa shape index (κ1) is 14.2. The Morgan fingerprint density at radius 1 is 1.47 bits per heavy atom. The molecule has 6 heteroatoms. The molecule has 0 unspecified atom stereocenters. The Hall–Kier alpha value is -0.850. The molecule has 0 saturated heterocycles. The van der Waals surface area contributed by atoms with Crippen LogP contribution in [0.5, 0.6) is 0 Å². The molecule has 5 nitrogen and oxygen atoms in total. The van der Waals surface area contributed by atoms with Gasteiger partial charge in [-0.2, -0.15) is 4.31 Å². The van der Waals surface area contributed by atoms with Crippen molar-refractivity contribution in [3.8, 4) is 0 Å². The average Bonchev–Trinajstić information content (AvgIpc) is 2.74. The minimum atomic E-state index is -3.44. The van der Waals surface area contributed by atoms with Crippen LogP contribution in [0.3, 0.4) is 0 Å². The van der Waals surface area contributed by atoms with E-state index in [0.29, 0.717) is 18.8 Å². The minimum Gasteiger partial charge on any atom is -0.390 e. The lowest BCUT2D eigenvalue weighted by atomic mass is 10.2. The van der Waals surface area contributed by atoms with E-state index in [-0.39, 0.29) is 17.4 Å². The maximum Gasteiger partial charge on any atom is 0.244 e. The normalized spacial score (nSPS) is 12.6. The topological polar surface area (TPSA) is 73.4 Å². The number of aliphatic hydroxyl groups excluding tert-OH is 1. The molecule has 0 aliphatic rings. The summed E-state index contributed by atoms with van der Waals surface area (Å²) in [7, 11) is -3.44. The van der Waals surface area contributed by atoms with Gasteiger partial charge in [-0.1, -0.05) is 20.8 Å². The van der Waals surface area contributed by atoms with Crippen molar-refractivity contribution in [3.63, 3.8) is 0 Å². The van der Waals surface area contributed by atoms with Gasteiger partial charge >= 0.3 is 0 Å². The van der Waals surface area contributed by atoms with Crippen molar-refractivity contribution in [2.75, 3.05) is 13.1 Å². The molecule has 0 aromatic carbocycles. The van der Waals surface area contributed by atoms with E-state index < -0.39 is 10.0 Å². The maximum atomic E-state index is 12.3. The zero-order valence-corrected chi connectivity index (χ0v) is 11.3. The molecule has 0 amide bonds. The molecule has 0 saturated carbocycles. The molecular formula is C11H20N2O3S. The lowest BCUT2D eigenvalue weighted by Gasteiger charge is -2.21. The molecule has 0 aliphatic carbocycles. The number of sulfonamides is 1. The minimum absolute atomic E-state index is 0.189. The number of aromatic nitrogens is 1. The molecule has 0 aliphatic heterocycles. The molecule has 0 spiro atoms. The Morgan fingerprint density at radius 2 is 2.12 bits per heavy atom. The van der Waals surface area contributed by atoms with Crippen LogP contribution < -0.4 is 0 Å². The molecule has 0 atom stereocenters. The molecule has 1 aromatic rings. The molecular weight excluding hydrogens is 240 g/mol. The second-order valence-electron chi connectivity index (χ2n) is 4.37. The number of nitrogens with zero attached hydrogens (tertiary/aromatic N) is 1. The van der Waals surface area contributed by atoms with Gasteiger partial charge in [0.15, 0.2) is 0 Å². The molecule has 0 bridgehead atoms. The molecule has 98 valence electrons. The van der Waals surface area contributed by atoms with Crippen LogP contribution in [0.2, 0.25) is 0 Å². The second-order valence-corrected chi connectivity index (χ2v) is 6.31. The van der Waals surface area contributed by atoms with Gasteiger partial charge in [0, 0.05) is 25.0 Å². The lowest BCUT2D eigenvalue weighted by molar-refractivity contribution is 0.277. The van der Waals surface area contributed by atoms with Crippen molar-refractivity contribution in [3.05, 3.63) is 18.0 Å². The van der Waals surface area contributed by atoms with Crippen LogP contribution in [0.25, 0.3) is 0 Å². The smallest absolute Gasteiger partial charge is 0.244 e. The summed E-state index contributed by atoms with van der Waals surface area (Å²) in [5.74, 6) is 0.279. The average molecular weight is 260 g/mol. The zero-order chi connectivity index (χ0) is 13.1. The monoisotopic (exact) mass is 260 g/mol. The third-order valence-corrected chi connectivity index (χ3v) is 4.36. The van der Waals surface area contributed by atoms with E-state index >= 15 is 0 Å². The van der Waals surface area contributed by atoms with Gasteiger partial charge in [-0.15, -0.1) is 0 Å². The van der Waals surface area contributed by atoms with E-state index in [1.165, 1.54) is 16.6 Å². The molecule has 2 N–H and O–H groups in total. The molecule has 0 fully saturated rings. The summed E-state index contributed by atoms with van der Waals surface area (Å²) in [4.78, 5) is 2.95. The number of nitrogens with one attached hydrogen (secondary N) is 1. The number of rotatable bonds is 6. The van der Waals surface area contributed by atoms with Gasteiger partial charge in [0.25, 0.3) is 0 Å². The summed E-state index contributed by atoms with van der Waals surface area (Å²) < 4.78 is 26.0. The van der Waals surface area contributed by atoms with Crippen LogP contribution >= 0.6 is 0 Å². The summed E-state index contributed by atoms with van der Waals surface area (Å²) >= 11 is 0. The van der Waals surface area contributed by atoms with Crippen molar-refractivity contribution >= 4 is 10.0 Å². The summed E-state index contributed by atoms with van der Waals surface area (Å²) in [6.45, 7) is 6.53. The summed E-state index contributed by atoms with van der Waals surface area (Å²) in [6.07, 6.45) is 1.42. The first-order valence-electron chi connectivity index (χ1n) is 5.70. The molecule has 1 rings (SSSR count). The molecule has 1 heterocycles. The maximum absolute atomic E-state index is 12.3. The fourth-order valence-corrected chi connectivity index (χ4v) is 3.24. The van der Waals surface area contributed by atoms with Crippen LogP contribution in [-0.4, -0.2) is 35.9 Å². The van der Waals surface area contributed by atoms with Gasteiger partial charge in [-0.25, -0.2) is 8.42 Å². The Labute approximate surface area is 103 Å². The Morgan fingerprint density at radius 3 is 2.53 bits per heavy atom. The first-order chi connectivity index (χ1) is 7.91. The van der Waals surface area contributed by atoms with Crippen LogP contribution in [0, 0.1) is 5.92 Å². The largest absolute Gasteiger partial charge is 0.390 e. The Kier molecular flexibility index (Phi) is 4.73. The number of H-pyrrole nitrogens is 1. The molecule has 1 aromatic heterocycles. The number of aromatic amines is 1. The fraction of sp³-hybridized carbons (Fsp3) is 0.636. The van der Waals surface area contributed by atoms with Gasteiger partial charge in [0.05, 0.1) is 11.5 Å². The van der Waals surface area contributed by atoms with E-state index in [1.807, 2.05) is 20.8 Å². The number of hydrogen-bond donors (Lipinski definition) is 2. The summed E-state index contributed by atoms with van der Waals surface area (Å²) in [5, 5.41) is 8.92. The van der Waals surface area contributed by atoms with Crippen molar-refractivity contribution in [2.24, 2.45) is 5.92 Å². The van der Waals surface area contributed by atoms with Gasteiger partial charge in [0.1, 0.15) is 0 Å². The molecule has 0 radical (unpaired) electrons. The Bertz CT molecular complexity index is 451.